The fourth-order valence-electron chi connectivity index (χ4n) is 9.98. The molecule has 436 valence electrons. The zero-order valence-electron chi connectivity index (χ0n) is 51.4. The van der Waals surface area contributed by atoms with Crippen LogP contribution in [0.1, 0.15) is 160 Å². The molecular formula is C66H106N6O6. The second-order valence-corrected chi connectivity index (χ2v) is 22.7. The Morgan fingerprint density at radius 2 is 0.885 bits per heavy atom. The quantitative estimate of drug-likeness (QED) is 0.183. The Kier molecular flexibility index (Phi) is 37.3. The molecule has 12 heteroatoms. The zero-order chi connectivity index (χ0) is 59.5. The summed E-state index contributed by atoms with van der Waals surface area (Å²) in [5, 5.41) is 2.36. The summed E-state index contributed by atoms with van der Waals surface area (Å²) in [6.07, 6.45) is 14.7. The van der Waals surface area contributed by atoms with Crippen LogP contribution in [0.4, 0.5) is 0 Å². The van der Waals surface area contributed by atoms with E-state index < -0.39 is 0 Å². The third-order valence-electron chi connectivity index (χ3n) is 15.2. The van der Waals surface area contributed by atoms with Gasteiger partial charge in [-0.25, -0.2) is 0 Å². The monoisotopic (exact) mass is 1080 g/mol. The number of carbonyl (C=O) groups is 6. The summed E-state index contributed by atoms with van der Waals surface area (Å²) in [5.74, 6) is 16.5. The molecule has 5 aliphatic rings. The molecule has 5 saturated heterocycles. The van der Waals surface area contributed by atoms with E-state index in [1.54, 1.807) is 20.9 Å². The van der Waals surface area contributed by atoms with E-state index in [-0.39, 0.29) is 35.4 Å². The van der Waals surface area contributed by atoms with Crippen molar-refractivity contribution in [3.8, 4) is 23.7 Å². The molecule has 5 heterocycles. The first-order chi connectivity index (χ1) is 36.9. The molecule has 0 saturated carbocycles. The molecule has 5 atom stereocenters. The van der Waals surface area contributed by atoms with E-state index in [1.807, 2.05) is 30.6 Å². The van der Waals surface area contributed by atoms with Crippen molar-refractivity contribution in [1.82, 2.24) is 29.8 Å². The number of nitrogens with zero attached hydrogens (tertiary/aromatic N) is 5. The molecule has 5 fully saturated rings. The Balaban J connectivity index is 0.000000896. The predicted molar refractivity (Wildman–Crippen MR) is 325 cm³/mol. The topological polar surface area (TPSA) is 131 Å². The van der Waals surface area contributed by atoms with Crippen molar-refractivity contribution in [1.29, 1.82) is 0 Å². The van der Waals surface area contributed by atoms with E-state index in [1.165, 1.54) is 36.3 Å². The van der Waals surface area contributed by atoms with Gasteiger partial charge in [0, 0.05) is 71.5 Å². The van der Waals surface area contributed by atoms with Gasteiger partial charge in [-0.15, -0.1) is 0 Å². The fraction of sp³-hybridized carbons (Fsp3) is 0.636. The van der Waals surface area contributed by atoms with Crippen LogP contribution < -0.4 is 5.32 Å². The minimum Gasteiger partial charge on any atom is -0.356 e. The van der Waals surface area contributed by atoms with Crippen LogP contribution in [0.25, 0.3) is 0 Å². The summed E-state index contributed by atoms with van der Waals surface area (Å²) in [7, 11) is 1.56. The molecule has 12 nitrogen and oxygen atoms in total. The van der Waals surface area contributed by atoms with E-state index in [2.05, 4.69) is 163 Å². The van der Waals surface area contributed by atoms with Gasteiger partial charge < -0.3 is 29.8 Å². The number of likely N-dealkylation sites (N-methyl/N-ethyl adjacent to an activating group) is 1. The molecule has 5 unspecified atom stereocenters. The number of amides is 6. The van der Waals surface area contributed by atoms with Crippen molar-refractivity contribution < 1.29 is 28.8 Å². The van der Waals surface area contributed by atoms with Crippen molar-refractivity contribution in [3.63, 3.8) is 0 Å². The number of piperidine rings is 1. The van der Waals surface area contributed by atoms with E-state index in [0.717, 1.165) is 97.3 Å². The first kappa shape index (κ1) is 72.1. The standard InChI is InChI=1S/C11H19NO.2C11H17NO.2C10H17NO.C9H12.C4H7NO/c1-4-11(13)12-7-5-6-10(8-12)9(2)3;1-4-6-11(13)12-8-5-7-10(12)9(2)3;1-4-5-11(13)12-7-6-10(8-12)9(2)3;1-4-10(12)11-6-5-9(7-11)8(2)3;1-4-10(12)11-7-5-6-9(11)8(2)3;1-8(2)9-6-4-3-5-7-9;1-3-4(6)5-2/h4,9-10H,1,5-8H2,2-3H3;9-10H,5,7-8H2,1-3H3;9-10H,6-8H2,1-3H3;2*4,8-9H,1,5-7H2,2-3H3;3-8H,1-2H3;3H,1H2,2H3,(H,5,6). The lowest BCUT2D eigenvalue weighted by molar-refractivity contribution is -0.128. The van der Waals surface area contributed by atoms with Gasteiger partial charge in [-0.2, -0.15) is 0 Å². The number of benzene rings is 1. The maximum Gasteiger partial charge on any atom is 0.298 e. The molecule has 1 aromatic carbocycles. The van der Waals surface area contributed by atoms with Gasteiger partial charge in [0.1, 0.15) is 0 Å². The van der Waals surface area contributed by atoms with Crippen molar-refractivity contribution >= 4 is 35.4 Å². The largest absolute Gasteiger partial charge is 0.356 e. The Morgan fingerprint density at radius 3 is 1.26 bits per heavy atom. The molecule has 0 radical (unpaired) electrons. The third-order valence-corrected chi connectivity index (χ3v) is 15.2. The van der Waals surface area contributed by atoms with E-state index in [9.17, 15) is 28.8 Å². The number of hydrogen-bond acceptors (Lipinski definition) is 6. The molecule has 0 aromatic heterocycles. The normalized spacial score (nSPS) is 19.9. The average Bonchev–Trinajstić information content (AvgIpc) is 4.30. The molecule has 0 bridgehead atoms. The summed E-state index contributed by atoms with van der Waals surface area (Å²) in [5.41, 5.74) is 1.41. The fourth-order valence-corrected chi connectivity index (χ4v) is 9.98. The van der Waals surface area contributed by atoms with Crippen LogP contribution in [-0.2, 0) is 28.8 Å². The summed E-state index contributed by atoms with van der Waals surface area (Å²) >= 11 is 0. The van der Waals surface area contributed by atoms with Crippen molar-refractivity contribution in [2.75, 3.05) is 59.4 Å². The summed E-state index contributed by atoms with van der Waals surface area (Å²) in [6.45, 7) is 50.7. The second-order valence-electron chi connectivity index (χ2n) is 22.7. The molecule has 5 aliphatic heterocycles. The van der Waals surface area contributed by atoms with Crippen molar-refractivity contribution in [2.45, 2.75) is 166 Å². The lowest BCUT2D eigenvalue weighted by Gasteiger charge is -2.34. The minimum atomic E-state index is -0.144. The summed E-state index contributed by atoms with van der Waals surface area (Å²) in [4.78, 5) is 76.2. The third kappa shape index (κ3) is 27.6. The van der Waals surface area contributed by atoms with E-state index in [0.29, 0.717) is 65.3 Å². The Hall–Kier alpha value is -5.88. The van der Waals surface area contributed by atoms with Crippen LogP contribution >= 0.6 is 0 Å². The molecule has 1 aromatic rings. The first-order valence-electron chi connectivity index (χ1n) is 29.0. The molecule has 0 aliphatic carbocycles. The molecule has 6 amide bonds. The molecule has 78 heavy (non-hydrogen) atoms. The van der Waals surface area contributed by atoms with Gasteiger partial charge in [0.25, 0.3) is 11.8 Å². The van der Waals surface area contributed by atoms with Gasteiger partial charge in [0.05, 0.1) is 0 Å². The lowest BCUT2D eigenvalue weighted by atomic mass is 9.88. The molecule has 1 N–H and O–H groups in total. The summed E-state index contributed by atoms with van der Waals surface area (Å²) in [6, 6.07) is 11.4. The first-order valence-corrected chi connectivity index (χ1v) is 29.0. The van der Waals surface area contributed by atoms with Gasteiger partial charge in [-0.05, 0) is 160 Å². The minimum absolute atomic E-state index is 0.00120. The molecule has 0 spiro atoms. The number of rotatable bonds is 10. The van der Waals surface area contributed by atoms with Gasteiger partial charge in [0.15, 0.2) is 0 Å². The Bertz CT molecular complexity index is 2120. The van der Waals surface area contributed by atoms with Crippen LogP contribution in [-0.4, -0.2) is 131 Å². The van der Waals surface area contributed by atoms with Crippen molar-refractivity contribution in [2.24, 2.45) is 47.3 Å². The number of hydrogen-bond donors (Lipinski definition) is 1. The van der Waals surface area contributed by atoms with Crippen LogP contribution in [0, 0.1) is 71.0 Å². The summed E-state index contributed by atoms with van der Waals surface area (Å²) < 4.78 is 0. The van der Waals surface area contributed by atoms with Gasteiger partial charge in [-0.3, -0.25) is 28.8 Å². The zero-order valence-corrected chi connectivity index (χ0v) is 51.4. The van der Waals surface area contributed by atoms with Crippen LogP contribution in [0.2, 0.25) is 0 Å². The number of carbonyl (C=O) groups excluding carboxylic acids is 6. The van der Waals surface area contributed by atoms with Crippen molar-refractivity contribution in [3.05, 3.63) is 86.5 Å². The number of likely N-dealkylation sites (tertiary alicyclic amines) is 5. The SMILES string of the molecule is C=CC(=O)N1CCC(C(C)C)C1.C=CC(=O)N1CCCC(C(C)C)C1.C=CC(=O)N1CCCC1C(C)C.C=CC(=O)NC.CC#CC(=O)N1CCC(C(C)C)C1.CC#CC(=O)N1CCCC1C(C)C.CC(C)c1ccccc1. The predicted octanol–water partition coefficient (Wildman–Crippen LogP) is 11.5. The smallest absolute Gasteiger partial charge is 0.298 e. The highest BCUT2D eigenvalue weighted by Gasteiger charge is 2.31. The number of nitrogens with one attached hydrogen (secondary N) is 1. The van der Waals surface area contributed by atoms with Crippen LogP contribution in [0.3, 0.4) is 0 Å². The highest BCUT2D eigenvalue weighted by atomic mass is 16.2. The van der Waals surface area contributed by atoms with Crippen LogP contribution in [0.5, 0.6) is 0 Å². The van der Waals surface area contributed by atoms with Gasteiger partial charge in [-0.1, -0.05) is 152 Å². The average molecular weight is 1080 g/mol. The maximum absolute atomic E-state index is 11.5. The highest BCUT2D eigenvalue weighted by Crippen LogP contribution is 2.27. The Labute approximate surface area is 475 Å². The van der Waals surface area contributed by atoms with E-state index in [4.69, 9.17) is 0 Å². The van der Waals surface area contributed by atoms with Gasteiger partial charge >= 0.3 is 0 Å². The molecular weight excluding hydrogens is 973 g/mol. The lowest BCUT2D eigenvalue weighted by Crippen LogP contribution is -2.40. The van der Waals surface area contributed by atoms with Crippen LogP contribution in [0.15, 0.2) is 81.0 Å². The van der Waals surface area contributed by atoms with Gasteiger partial charge in [0.2, 0.25) is 23.6 Å². The maximum atomic E-state index is 11.5. The molecule has 6 rings (SSSR count). The highest BCUT2D eigenvalue weighted by molar-refractivity contribution is 5.94. The Morgan fingerprint density at radius 1 is 0.487 bits per heavy atom. The second kappa shape index (κ2) is 40.3. The van der Waals surface area contributed by atoms with E-state index >= 15 is 0 Å².